The first-order chi connectivity index (χ1) is 14.3. The van der Waals surface area contributed by atoms with Crippen LogP contribution in [0, 0.1) is 5.92 Å². The van der Waals surface area contributed by atoms with Crippen LogP contribution in [-0.4, -0.2) is 56.3 Å². The van der Waals surface area contributed by atoms with Gasteiger partial charge >= 0.3 is 12.4 Å². The lowest BCUT2D eigenvalue weighted by atomic mass is 9.92. The number of hydrogen-bond donors (Lipinski definition) is 1. The van der Waals surface area contributed by atoms with Crippen LogP contribution in [0.25, 0.3) is 0 Å². The minimum atomic E-state index is -4.65. The molecule has 1 aromatic carbocycles. The summed E-state index contributed by atoms with van der Waals surface area (Å²) in [6.45, 7) is -0.0957. The zero-order valence-corrected chi connectivity index (χ0v) is 17.2. The summed E-state index contributed by atoms with van der Waals surface area (Å²) in [5, 5.41) is 2.03. The van der Waals surface area contributed by atoms with Crippen molar-refractivity contribution in [3.63, 3.8) is 0 Å². The van der Waals surface area contributed by atoms with Gasteiger partial charge in [-0.1, -0.05) is 6.07 Å². The minimum Gasteiger partial charge on any atom is -0.342 e. The van der Waals surface area contributed by atoms with Gasteiger partial charge in [0, 0.05) is 19.1 Å². The fourth-order valence-corrected chi connectivity index (χ4v) is 5.74. The predicted molar refractivity (Wildman–Crippen MR) is 98.8 cm³/mol. The quantitative estimate of drug-likeness (QED) is 0.668. The largest absolute Gasteiger partial charge is 0.416 e. The molecule has 1 N–H and O–H groups in total. The van der Waals surface area contributed by atoms with Gasteiger partial charge in [0.05, 0.1) is 28.2 Å². The number of rotatable bonds is 5. The molecule has 5 nitrogen and oxygen atoms in total. The molecule has 1 heterocycles. The van der Waals surface area contributed by atoms with Crippen LogP contribution >= 0.6 is 0 Å². The summed E-state index contributed by atoms with van der Waals surface area (Å²) >= 11 is 0. The number of sulfone groups is 1. The summed E-state index contributed by atoms with van der Waals surface area (Å²) < 4.78 is 102. The number of alkyl halides is 6. The van der Waals surface area contributed by atoms with Crippen molar-refractivity contribution in [2.75, 3.05) is 19.6 Å². The molecule has 1 saturated carbocycles. The third-order valence-electron chi connectivity index (χ3n) is 5.88. The molecule has 1 aliphatic heterocycles. The molecule has 0 aromatic heterocycles. The van der Waals surface area contributed by atoms with Crippen LogP contribution in [0.15, 0.2) is 29.2 Å². The van der Waals surface area contributed by atoms with Crippen LogP contribution in [0.2, 0.25) is 0 Å². The van der Waals surface area contributed by atoms with Gasteiger partial charge in [-0.2, -0.15) is 26.3 Å². The van der Waals surface area contributed by atoms with Gasteiger partial charge in [0.1, 0.15) is 0 Å². The lowest BCUT2D eigenvalue weighted by molar-refractivity contribution is -0.186. The number of benzene rings is 1. The number of hydrogen-bond acceptors (Lipinski definition) is 4. The summed E-state index contributed by atoms with van der Waals surface area (Å²) in [5.74, 6) is -1.76. The van der Waals surface area contributed by atoms with Gasteiger partial charge in [-0.15, -0.1) is 0 Å². The van der Waals surface area contributed by atoms with E-state index in [4.69, 9.17) is 0 Å². The summed E-state index contributed by atoms with van der Waals surface area (Å²) in [4.78, 5) is 13.1. The Hall–Kier alpha value is -1.82. The molecular formula is C19H22F6N2O3S. The topological polar surface area (TPSA) is 66.5 Å². The van der Waals surface area contributed by atoms with E-state index in [-0.39, 0.29) is 57.3 Å². The second kappa shape index (κ2) is 8.61. The molecule has 0 bridgehead atoms. The standard InChI is InChI=1S/C19H22F6N2O3S/c20-18(21,22)12-4-6-27(7-5-12)17(28)11-26-14-9-16(10-14)31(29,30)15-3-1-2-13(8-15)19(23,24)25/h1-3,8,12,14,16,26H,4-7,9-11H2. The van der Waals surface area contributed by atoms with Crippen molar-refractivity contribution < 1.29 is 39.6 Å². The van der Waals surface area contributed by atoms with Crippen molar-refractivity contribution in [3.05, 3.63) is 29.8 Å². The third kappa shape index (κ3) is 5.51. The minimum absolute atomic E-state index is 0.0158. The van der Waals surface area contributed by atoms with Gasteiger partial charge in [-0.25, -0.2) is 8.42 Å². The predicted octanol–water partition coefficient (Wildman–Crippen LogP) is 3.40. The fourth-order valence-electron chi connectivity index (χ4n) is 3.83. The Morgan fingerprint density at radius 3 is 2.23 bits per heavy atom. The molecule has 2 fully saturated rings. The van der Waals surface area contributed by atoms with E-state index in [1.54, 1.807) is 0 Å². The first-order valence-corrected chi connectivity index (χ1v) is 11.3. The van der Waals surface area contributed by atoms with E-state index in [9.17, 15) is 39.6 Å². The third-order valence-corrected chi connectivity index (χ3v) is 8.05. The number of halogens is 6. The second-order valence-electron chi connectivity index (χ2n) is 7.94. The molecule has 1 saturated heterocycles. The molecule has 174 valence electrons. The normalized spacial score (nSPS) is 23.5. The first kappa shape index (κ1) is 23.8. The van der Waals surface area contributed by atoms with Crippen molar-refractivity contribution in [2.45, 2.75) is 54.2 Å². The fraction of sp³-hybridized carbons (Fsp3) is 0.632. The van der Waals surface area contributed by atoms with E-state index in [1.165, 1.54) is 4.90 Å². The molecule has 0 spiro atoms. The average Bonchev–Trinajstić information content (AvgIpc) is 2.65. The second-order valence-corrected chi connectivity index (χ2v) is 10.2. The maximum Gasteiger partial charge on any atom is 0.416 e. The number of carbonyl (C=O) groups is 1. The Kier molecular flexibility index (Phi) is 6.62. The van der Waals surface area contributed by atoms with Gasteiger partial charge in [0.2, 0.25) is 5.91 Å². The van der Waals surface area contributed by atoms with Crippen LogP contribution in [0.5, 0.6) is 0 Å². The van der Waals surface area contributed by atoms with Crippen LogP contribution in [0.3, 0.4) is 0 Å². The zero-order chi connectivity index (χ0) is 23.0. The van der Waals surface area contributed by atoms with E-state index >= 15 is 0 Å². The Morgan fingerprint density at radius 2 is 1.68 bits per heavy atom. The highest BCUT2D eigenvalue weighted by atomic mass is 32.2. The van der Waals surface area contributed by atoms with Crippen molar-refractivity contribution in [1.29, 1.82) is 0 Å². The van der Waals surface area contributed by atoms with Crippen molar-refractivity contribution in [3.8, 4) is 0 Å². The SMILES string of the molecule is O=C(CNC1CC(S(=O)(=O)c2cccc(C(F)(F)F)c2)C1)N1CCC(C(F)(F)F)CC1. The van der Waals surface area contributed by atoms with E-state index in [1.807, 2.05) is 0 Å². The molecule has 2 aliphatic rings. The maximum absolute atomic E-state index is 12.8. The van der Waals surface area contributed by atoms with Crippen molar-refractivity contribution >= 4 is 15.7 Å². The Bertz CT molecular complexity index is 902. The maximum atomic E-state index is 12.8. The molecule has 0 atom stereocenters. The molecule has 0 radical (unpaired) electrons. The van der Waals surface area contributed by atoms with Gasteiger partial charge in [0.15, 0.2) is 9.84 Å². The lowest BCUT2D eigenvalue weighted by Crippen LogP contribution is -2.51. The van der Waals surface area contributed by atoms with Crippen LogP contribution in [0.1, 0.15) is 31.2 Å². The zero-order valence-electron chi connectivity index (χ0n) is 16.3. The van der Waals surface area contributed by atoms with Gasteiger partial charge in [-0.05, 0) is 43.9 Å². The van der Waals surface area contributed by atoms with Crippen LogP contribution in [0.4, 0.5) is 26.3 Å². The summed E-state index contributed by atoms with van der Waals surface area (Å²) in [5.41, 5.74) is -1.04. The number of carbonyl (C=O) groups excluding carboxylic acids is 1. The van der Waals surface area contributed by atoms with Gasteiger partial charge < -0.3 is 10.2 Å². The highest BCUT2D eigenvalue weighted by Gasteiger charge is 2.43. The number of piperidine rings is 1. The van der Waals surface area contributed by atoms with Crippen LogP contribution < -0.4 is 5.32 Å². The highest BCUT2D eigenvalue weighted by Crippen LogP contribution is 2.36. The number of nitrogens with zero attached hydrogens (tertiary/aromatic N) is 1. The van der Waals surface area contributed by atoms with Crippen molar-refractivity contribution in [2.24, 2.45) is 5.92 Å². The molecular weight excluding hydrogens is 450 g/mol. The molecule has 12 heteroatoms. The molecule has 1 aliphatic carbocycles. The van der Waals surface area contributed by atoms with Crippen LogP contribution in [-0.2, 0) is 20.8 Å². The number of amides is 1. The first-order valence-electron chi connectivity index (χ1n) is 9.77. The van der Waals surface area contributed by atoms with Crippen molar-refractivity contribution in [1.82, 2.24) is 10.2 Å². The highest BCUT2D eigenvalue weighted by molar-refractivity contribution is 7.92. The van der Waals surface area contributed by atoms with Gasteiger partial charge in [-0.3, -0.25) is 4.79 Å². The van der Waals surface area contributed by atoms with E-state index in [0.29, 0.717) is 6.07 Å². The van der Waals surface area contributed by atoms with E-state index < -0.39 is 43.8 Å². The van der Waals surface area contributed by atoms with Gasteiger partial charge in [0.25, 0.3) is 0 Å². The molecule has 1 aromatic rings. The Morgan fingerprint density at radius 1 is 1.06 bits per heavy atom. The Labute approximate surface area is 175 Å². The lowest BCUT2D eigenvalue weighted by Gasteiger charge is -2.37. The number of nitrogens with one attached hydrogen (secondary N) is 1. The molecule has 3 rings (SSSR count). The average molecular weight is 472 g/mol. The Balaban J connectivity index is 1.47. The smallest absolute Gasteiger partial charge is 0.342 e. The summed E-state index contributed by atoms with van der Waals surface area (Å²) in [7, 11) is -3.94. The van der Waals surface area contributed by atoms with E-state index in [0.717, 1.165) is 18.2 Å². The van der Waals surface area contributed by atoms with E-state index in [2.05, 4.69) is 5.32 Å². The molecule has 31 heavy (non-hydrogen) atoms. The monoisotopic (exact) mass is 472 g/mol. The molecule has 0 unspecified atom stereocenters. The number of likely N-dealkylation sites (tertiary alicyclic amines) is 1. The summed E-state index contributed by atoms with van der Waals surface area (Å²) in [6.07, 6.45) is -8.92. The summed E-state index contributed by atoms with van der Waals surface area (Å²) in [6, 6.07) is 3.28. The molecule has 1 amide bonds.